The van der Waals surface area contributed by atoms with E-state index in [-0.39, 0.29) is 18.1 Å². The lowest BCUT2D eigenvalue weighted by Gasteiger charge is -2.33. The van der Waals surface area contributed by atoms with E-state index in [4.69, 9.17) is 4.84 Å². The van der Waals surface area contributed by atoms with E-state index in [1.165, 1.54) is 0 Å². The molecule has 2 aromatic rings. The molecule has 3 heteroatoms. The van der Waals surface area contributed by atoms with Gasteiger partial charge in [0.25, 0.3) is 0 Å². The molecule has 3 nitrogen and oxygen atoms in total. The zero-order valence-electron chi connectivity index (χ0n) is 14.2. The first-order valence-corrected chi connectivity index (χ1v) is 8.29. The van der Waals surface area contributed by atoms with E-state index in [0.29, 0.717) is 6.42 Å². The van der Waals surface area contributed by atoms with Crippen molar-refractivity contribution >= 4 is 5.97 Å². The Balaban J connectivity index is 2.04. The summed E-state index contributed by atoms with van der Waals surface area (Å²) in [5.41, 5.74) is 1.55. The molecule has 1 saturated heterocycles. The molecule has 0 aromatic heterocycles. The smallest absolute Gasteiger partial charge is 0.333 e. The number of hydrogen-bond acceptors (Lipinski definition) is 3. The van der Waals surface area contributed by atoms with E-state index >= 15 is 0 Å². The van der Waals surface area contributed by atoms with Crippen molar-refractivity contribution in [2.24, 2.45) is 5.41 Å². The zero-order valence-corrected chi connectivity index (χ0v) is 14.2. The van der Waals surface area contributed by atoms with Crippen LogP contribution in [-0.2, 0) is 9.63 Å². The Morgan fingerprint density at radius 3 is 2.33 bits per heavy atom. The quantitative estimate of drug-likeness (QED) is 0.738. The Hall–Kier alpha value is -2.39. The molecule has 0 bridgehead atoms. The van der Waals surface area contributed by atoms with Crippen molar-refractivity contribution in [3.8, 4) is 0 Å². The number of rotatable bonds is 5. The normalized spacial score (nSPS) is 25.2. The third-order valence-electron chi connectivity index (χ3n) is 4.86. The third-order valence-corrected chi connectivity index (χ3v) is 4.86. The number of hydrogen-bond donors (Lipinski definition) is 0. The Morgan fingerprint density at radius 1 is 1.17 bits per heavy atom. The van der Waals surface area contributed by atoms with Gasteiger partial charge < -0.3 is 4.84 Å². The summed E-state index contributed by atoms with van der Waals surface area (Å²) < 4.78 is 0. The molecule has 1 aliphatic heterocycles. The zero-order chi connectivity index (χ0) is 17.2. The molecule has 0 N–H and O–H groups in total. The second-order valence-electron chi connectivity index (χ2n) is 6.55. The highest BCUT2D eigenvalue weighted by Gasteiger charge is 2.54. The molecular weight excluding hydrogens is 298 g/mol. The lowest BCUT2D eigenvalue weighted by molar-refractivity contribution is -0.187. The molecule has 0 amide bonds. The van der Waals surface area contributed by atoms with Crippen LogP contribution in [0.25, 0.3) is 0 Å². The summed E-state index contributed by atoms with van der Waals surface area (Å²) in [7, 11) is 0. The Labute approximate surface area is 143 Å². The Morgan fingerprint density at radius 2 is 1.75 bits per heavy atom. The topological polar surface area (TPSA) is 29.5 Å². The van der Waals surface area contributed by atoms with Crippen molar-refractivity contribution in [2.45, 2.75) is 32.4 Å². The Bertz CT molecular complexity index is 713. The predicted molar refractivity (Wildman–Crippen MR) is 94.9 cm³/mol. The lowest BCUT2D eigenvalue weighted by atomic mass is 9.76. The fourth-order valence-electron chi connectivity index (χ4n) is 3.47. The summed E-state index contributed by atoms with van der Waals surface area (Å²) in [6, 6.07) is 20.0. The summed E-state index contributed by atoms with van der Waals surface area (Å²) in [6.07, 6.45) is 2.37. The van der Waals surface area contributed by atoms with Crippen molar-refractivity contribution < 1.29 is 9.63 Å². The van der Waals surface area contributed by atoms with Gasteiger partial charge in [-0.15, -0.1) is 11.6 Å². The number of hydroxylamine groups is 2. The molecule has 0 spiro atoms. The fraction of sp³-hybridized carbons (Fsp3) is 0.286. The summed E-state index contributed by atoms with van der Waals surface area (Å²) in [5, 5.41) is 1.84. The van der Waals surface area contributed by atoms with Crippen LogP contribution >= 0.6 is 0 Å². The second-order valence-corrected chi connectivity index (χ2v) is 6.55. The van der Waals surface area contributed by atoms with Gasteiger partial charge >= 0.3 is 5.97 Å². The van der Waals surface area contributed by atoms with Gasteiger partial charge in [-0.05, 0) is 31.4 Å². The molecule has 1 fully saturated rings. The molecule has 0 aliphatic carbocycles. The van der Waals surface area contributed by atoms with Crippen molar-refractivity contribution in [2.75, 3.05) is 0 Å². The maximum atomic E-state index is 12.7. The number of nitrogens with zero attached hydrogens (tertiary/aromatic N) is 1. The maximum absolute atomic E-state index is 12.7. The van der Waals surface area contributed by atoms with Crippen LogP contribution in [0, 0.1) is 5.41 Å². The summed E-state index contributed by atoms with van der Waals surface area (Å²) in [4.78, 5) is 18.5. The van der Waals surface area contributed by atoms with Crippen LogP contribution in [0.15, 0.2) is 73.3 Å². The average Bonchev–Trinajstić information content (AvgIpc) is 2.87. The number of allylic oxidation sites excluding steroid dienone is 1. The van der Waals surface area contributed by atoms with Crippen LogP contribution in [0.5, 0.6) is 0 Å². The average molecular weight is 321 g/mol. The first-order valence-electron chi connectivity index (χ1n) is 8.29. The molecule has 0 saturated carbocycles. The first-order chi connectivity index (χ1) is 11.6. The van der Waals surface area contributed by atoms with Gasteiger partial charge in [0, 0.05) is 0 Å². The van der Waals surface area contributed by atoms with Crippen molar-refractivity contribution in [3.05, 3.63) is 84.4 Å². The van der Waals surface area contributed by atoms with Gasteiger partial charge in [-0.2, -0.15) is 0 Å². The lowest BCUT2D eigenvalue weighted by Crippen LogP contribution is -2.33. The van der Waals surface area contributed by atoms with Gasteiger partial charge in [0.1, 0.15) is 0 Å². The predicted octanol–water partition coefficient (Wildman–Crippen LogP) is 4.85. The third kappa shape index (κ3) is 2.76. The minimum absolute atomic E-state index is 0.0352. The van der Waals surface area contributed by atoms with Crippen LogP contribution in [0.1, 0.15) is 43.5 Å². The standard InChI is InChI=1S/C21H23NO2/c1-4-15-21(3)19(18-13-9-6-10-14-18)22(24-20(21)23)16(2)17-11-7-5-8-12-17/h4-14,16,19H,1,15H2,2-3H3/t16-,19-,21+/m0/s1. The molecule has 1 heterocycles. The van der Waals surface area contributed by atoms with Gasteiger partial charge in [-0.25, -0.2) is 4.79 Å². The monoisotopic (exact) mass is 321 g/mol. The highest BCUT2D eigenvalue weighted by atomic mass is 16.7. The summed E-state index contributed by atoms with van der Waals surface area (Å²) >= 11 is 0. The summed E-state index contributed by atoms with van der Waals surface area (Å²) in [6.45, 7) is 7.87. The first kappa shape index (κ1) is 16.5. The second kappa shape index (κ2) is 6.62. The van der Waals surface area contributed by atoms with Crippen LogP contribution in [0.2, 0.25) is 0 Å². The molecule has 24 heavy (non-hydrogen) atoms. The van der Waals surface area contributed by atoms with Gasteiger partial charge in [0.2, 0.25) is 0 Å². The van der Waals surface area contributed by atoms with Gasteiger partial charge in [0.05, 0.1) is 17.5 Å². The minimum atomic E-state index is -0.647. The largest absolute Gasteiger partial charge is 0.366 e. The van der Waals surface area contributed by atoms with Crippen LogP contribution < -0.4 is 0 Å². The Kier molecular flexibility index (Phi) is 4.54. The van der Waals surface area contributed by atoms with E-state index in [0.717, 1.165) is 11.1 Å². The van der Waals surface area contributed by atoms with Crippen LogP contribution in [-0.4, -0.2) is 11.0 Å². The van der Waals surface area contributed by atoms with Crippen LogP contribution in [0.4, 0.5) is 0 Å². The summed E-state index contributed by atoms with van der Waals surface area (Å²) in [5.74, 6) is -0.195. The van der Waals surface area contributed by atoms with Gasteiger partial charge in [0.15, 0.2) is 0 Å². The molecule has 3 atom stereocenters. The van der Waals surface area contributed by atoms with Gasteiger partial charge in [-0.1, -0.05) is 66.7 Å². The number of benzene rings is 2. The number of carbonyl (C=O) groups excluding carboxylic acids is 1. The molecule has 124 valence electrons. The van der Waals surface area contributed by atoms with E-state index in [2.05, 4.69) is 37.8 Å². The fourth-order valence-corrected chi connectivity index (χ4v) is 3.47. The molecule has 1 aliphatic rings. The highest BCUT2D eigenvalue weighted by molar-refractivity contribution is 5.79. The van der Waals surface area contributed by atoms with Crippen molar-refractivity contribution in [3.63, 3.8) is 0 Å². The van der Waals surface area contributed by atoms with E-state index in [1.54, 1.807) is 6.08 Å². The van der Waals surface area contributed by atoms with E-state index in [9.17, 15) is 4.79 Å². The highest BCUT2D eigenvalue weighted by Crippen LogP contribution is 2.51. The molecule has 3 rings (SSSR count). The maximum Gasteiger partial charge on any atom is 0.333 e. The molecular formula is C21H23NO2. The van der Waals surface area contributed by atoms with E-state index in [1.807, 2.05) is 48.4 Å². The molecule has 2 aromatic carbocycles. The molecule has 0 radical (unpaired) electrons. The van der Waals surface area contributed by atoms with Crippen molar-refractivity contribution in [1.29, 1.82) is 0 Å². The SMILES string of the molecule is C=CC[C@@]1(C)C(=O)ON([C@@H](C)c2ccccc2)[C@H]1c1ccccc1. The minimum Gasteiger partial charge on any atom is -0.366 e. The van der Waals surface area contributed by atoms with Crippen molar-refractivity contribution in [1.82, 2.24) is 5.06 Å². The van der Waals surface area contributed by atoms with Crippen LogP contribution in [0.3, 0.4) is 0 Å². The molecule has 0 unspecified atom stereocenters. The van der Waals surface area contributed by atoms with Gasteiger partial charge in [-0.3, -0.25) is 0 Å². The number of carbonyl (C=O) groups is 1. The van der Waals surface area contributed by atoms with E-state index < -0.39 is 5.41 Å².